The van der Waals surface area contributed by atoms with Gasteiger partial charge >= 0.3 is 0 Å². The summed E-state index contributed by atoms with van der Waals surface area (Å²) in [5, 5.41) is 0. The zero-order chi connectivity index (χ0) is 10.6. The second-order valence-electron chi connectivity index (χ2n) is 3.97. The van der Waals surface area contributed by atoms with Crippen LogP contribution in [0.2, 0.25) is 0 Å². The number of nitrogen functional groups attached to an aromatic ring is 1. The number of hydrogen-bond acceptors (Lipinski definition) is 3. The molecule has 0 saturated heterocycles. The molecule has 0 atom stereocenters. The highest BCUT2D eigenvalue weighted by molar-refractivity contribution is 5.34. The van der Waals surface area contributed by atoms with Crippen molar-refractivity contribution in [2.24, 2.45) is 0 Å². The first-order valence-electron chi connectivity index (χ1n) is 4.95. The number of aromatic nitrogens is 1. The fraction of sp³-hybridized carbons (Fsp3) is 0.545. The highest BCUT2D eigenvalue weighted by Crippen LogP contribution is 2.08. The van der Waals surface area contributed by atoms with Gasteiger partial charge in [0.2, 0.25) is 0 Å². The van der Waals surface area contributed by atoms with E-state index >= 15 is 0 Å². The van der Waals surface area contributed by atoms with E-state index < -0.39 is 0 Å². The number of pyridine rings is 1. The summed E-state index contributed by atoms with van der Waals surface area (Å²) >= 11 is 0. The average Bonchev–Trinajstić information content (AvgIpc) is 2.01. The van der Waals surface area contributed by atoms with Gasteiger partial charge in [-0.15, -0.1) is 0 Å². The van der Waals surface area contributed by atoms with Gasteiger partial charge in [-0.05, 0) is 58.1 Å². The van der Waals surface area contributed by atoms with E-state index in [-0.39, 0.29) is 0 Å². The Bertz CT molecular complexity index is 274. The minimum atomic E-state index is 0.629. The third kappa shape index (κ3) is 3.75. The summed E-state index contributed by atoms with van der Waals surface area (Å²) < 4.78 is 0. The maximum Gasteiger partial charge on any atom is 0.123 e. The van der Waals surface area contributed by atoms with Crippen molar-refractivity contribution in [2.45, 2.75) is 19.8 Å². The molecule has 0 saturated carbocycles. The minimum Gasteiger partial charge on any atom is -0.384 e. The number of nitrogens with two attached hydrogens (primary N) is 1. The molecule has 1 aromatic heterocycles. The van der Waals surface area contributed by atoms with E-state index in [0.717, 1.165) is 25.1 Å². The molecule has 0 aliphatic rings. The van der Waals surface area contributed by atoms with E-state index in [2.05, 4.69) is 30.0 Å². The van der Waals surface area contributed by atoms with Crippen molar-refractivity contribution in [1.29, 1.82) is 0 Å². The van der Waals surface area contributed by atoms with Gasteiger partial charge in [0.1, 0.15) is 5.82 Å². The minimum absolute atomic E-state index is 0.629. The normalized spacial score (nSPS) is 10.9. The predicted octanol–water partition coefficient (Wildman–Crippen LogP) is 1.47. The molecule has 2 N–H and O–H groups in total. The lowest BCUT2D eigenvalue weighted by atomic mass is 10.1. The maximum absolute atomic E-state index is 5.67. The van der Waals surface area contributed by atoms with Crippen molar-refractivity contribution in [2.75, 3.05) is 26.4 Å². The van der Waals surface area contributed by atoms with Gasteiger partial charge in [-0.3, -0.25) is 0 Å². The quantitative estimate of drug-likeness (QED) is 0.787. The highest BCUT2D eigenvalue weighted by Gasteiger charge is 1.98. The molecular weight excluding hydrogens is 174 g/mol. The zero-order valence-electron chi connectivity index (χ0n) is 9.25. The molecule has 1 heterocycles. The summed E-state index contributed by atoms with van der Waals surface area (Å²) in [5.74, 6) is 0.629. The summed E-state index contributed by atoms with van der Waals surface area (Å²) in [7, 11) is 4.16. The van der Waals surface area contributed by atoms with Gasteiger partial charge in [0, 0.05) is 5.69 Å². The van der Waals surface area contributed by atoms with Crippen LogP contribution in [0.25, 0.3) is 0 Å². The Morgan fingerprint density at radius 3 is 2.64 bits per heavy atom. The third-order valence-electron chi connectivity index (χ3n) is 2.08. The van der Waals surface area contributed by atoms with Crippen LogP contribution in [0.15, 0.2) is 12.1 Å². The molecule has 0 aliphatic heterocycles. The molecule has 0 radical (unpaired) electrons. The van der Waals surface area contributed by atoms with Crippen molar-refractivity contribution >= 4 is 5.82 Å². The fourth-order valence-electron chi connectivity index (χ4n) is 1.47. The van der Waals surface area contributed by atoms with Crippen molar-refractivity contribution in [3.8, 4) is 0 Å². The first-order chi connectivity index (χ1) is 6.58. The molecule has 0 bridgehead atoms. The molecular formula is C11H19N3. The number of rotatable bonds is 4. The Hall–Kier alpha value is -1.09. The maximum atomic E-state index is 5.67. The lowest BCUT2D eigenvalue weighted by Gasteiger charge is -2.09. The standard InChI is InChI=1S/C11H19N3/c1-9-7-10(13-11(12)8-9)5-4-6-14(2)3/h7-8H,4-6H2,1-3H3,(H2,12,13). The Balaban J connectivity index is 2.50. The van der Waals surface area contributed by atoms with Crippen LogP contribution in [0.1, 0.15) is 17.7 Å². The first kappa shape index (κ1) is 11.0. The van der Waals surface area contributed by atoms with Gasteiger partial charge in [-0.25, -0.2) is 4.98 Å². The van der Waals surface area contributed by atoms with Crippen molar-refractivity contribution in [3.63, 3.8) is 0 Å². The summed E-state index contributed by atoms with van der Waals surface area (Å²) in [6.45, 7) is 3.14. The topological polar surface area (TPSA) is 42.1 Å². The first-order valence-corrected chi connectivity index (χ1v) is 4.95. The Kier molecular flexibility index (Phi) is 3.89. The zero-order valence-corrected chi connectivity index (χ0v) is 9.25. The molecule has 0 aliphatic carbocycles. The van der Waals surface area contributed by atoms with Gasteiger partial charge in [-0.1, -0.05) is 0 Å². The fourth-order valence-corrected chi connectivity index (χ4v) is 1.47. The summed E-state index contributed by atoms with van der Waals surface area (Å²) in [6, 6.07) is 4.00. The second kappa shape index (κ2) is 4.96. The summed E-state index contributed by atoms with van der Waals surface area (Å²) in [6.07, 6.45) is 2.13. The molecule has 1 aromatic rings. The largest absolute Gasteiger partial charge is 0.384 e. The molecule has 0 aromatic carbocycles. The van der Waals surface area contributed by atoms with Crippen LogP contribution < -0.4 is 5.73 Å². The number of anilines is 1. The van der Waals surface area contributed by atoms with Crippen molar-refractivity contribution < 1.29 is 0 Å². The molecule has 78 valence electrons. The van der Waals surface area contributed by atoms with Crippen LogP contribution in [0.4, 0.5) is 5.82 Å². The van der Waals surface area contributed by atoms with Gasteiger partial charge in [0.15, 0.2) is 0 Å². The van der Waals surface area contributed by atoms with E-state index in [9.17, 15) is 0 Å². The van der Waals surface area contributed by atoms with Crippen LogP contribution >= 0.6 is 0 Å². The van der Waals surface area contributed by atoms with Crippen LogP contribution in [-0.2, 0) is 6.42 Å². The SMILES string of the molecule is Cc1cc(N)nc(CCCN(C)C)c1. The lowest BCUT2D eigenvalue weighted by Crippen LogP contribution is -2.13. The van der Waals surface area contributed by atoms with Crippen molar-refractivity contribution in [3.05, 3.63) is 23.4 Å². The third-order valence-corrected chi connectivity index (χ3v) is 2.08. The molecule has 1 rings (SSSR count). The Morgan fingerprint density at radius 1 is 1.36 bits per heavy atom. The molecule has 3 nitrogen and oxygen atoms in total. The highest BCUT2D eigenvalue weighted by atomic mass is 15.0. The second-order valence-corrected chi connectivity index (χ2v) is 3.97. The van der Waals surface area contributed by atoms with E-state index in [1.807, 2.05) is 13.0 Å². The summed E-state index contributed by atoms with van der Waals surface area (Å²) in [5.41, 5.74) is 7.96. The molecule has 0 amide bonds. The number of aryl methyl sites for hydroxylation is 2. The van der Waals surface area contributed by atoms with Crippen LogP contribution in [-0.4, -0.2) is 30.5 Å². The monoisotopic (exact) mass is 193 g/mol. The smallest absolute Gasteiger partial charge is 0.123 e. The van der Waals surface area contributed by atoms with Crippen LogP contribution in [0, 0.1) is 6.92 Å². The predicted molar refractivity (Wildman–Crippen MR) is 60.3 cm³/mol. The number of hydrogen-bond donors (Lipinski definition) is 1. The van der Waals surface area contributed by atoms with Crippen LogP contribution in [0.3, 0.4) is 0 Å². The summed E-state index contributed by atoms with van der Waals surface area (Å²) in [4.78, 5) is 6.47. The molecule has 0 unspecified atom stereocenters. The number of nitrogens with zero attached hydrogens (tertiary/aromatic N) is 2. The molecule has 3 heteroatoms. The lowest BCUT2D eigenvalue weighted by molar-refractivity contribution is 0.399. The van der Waals surface area contributed by atoms with Crippen LogP contribution in [0.5, 0.6) is 0 Å². The Labute approximate surface area is 85.9 Å². The molecule has 0 spiro atoms. The molecule has 0 fully saturated rings. The van der Waals surface area contributed by atoms with Gasteiger partial charge in [-0.2, -0.15) is 0 Å². The van der Waals surface area contributed by atoms with E-state index in [4.69, 9.17) is 5.73 Å². The Morgan fingerprint density at radius 2 is 2.07 bits per heavy atom. The van der Waals surface area contributed by atoms with E-state index in [1.54, 1.807) is 0 Å². The van der Waals surface area contributed by atoms with Gasteiger partial charge in [0.25, 0.3) is 0 Å². The van der Waals surface area contributed by atoms with Crippen molar-refractivity contribution in [1.82, 2.24) is 9.88 Å². The van der Waals surface area contributed by atoms with E-state index in [0.29, 0.717) is 5.82 Å². The molecule has 14 heavy (non-hydrogen) atoms. The average molecular weight is 193 g/mol. The van der Waals surface area contributed by atoms with E-state index in [1.165, 1.54) is 5.56 Å². The van der Waals surface area contributed by atoms with Gasteiger partial charge < -0.3 is 10.6 Å². The van der Waals surface area contributed by atoms with Gasteiger partial charge in [0.05, 0.1) is 0 Å².